The first-order chi connectivity index (χ1) is 14.4. The molecule has 0 unspecified atom stereocenters. The van der Waals surface area contributed by atoms with Crippen LogP contribution in [0.3, 0.4) is 0 Å². The van der Waals surface area contributed by atoms with Gasteiger partial charge in [-0.2, -0.15) is 0 Å². The Morgan fingerprint density at radius 3 is 2.23 bits per heavy atom. The fraction of sp³-hybridized carbons (Fsp3) is 0.286. The van der Waals surface area contributed by atoms with Gasteiger partial charge in [0.1, 0.15) is 12.1 Å². The molecule has 3 amide bonds. The standard InChI is InChI=1S/C21H25N3O7/c1-21(2,3)31-20(30)23-11-17(27)22-10-12-5-4-6-14(7-12)24-19(29)13-8-15(25)18(28)16(26)9-13/h4-9,25-26,28H,10-11H2,1-3H3,(H,22,27)(H,23,30)(H,24,29). The van der Waals surface area contributed by atoms with Crippen LogP contribution in [0.5, 0.6) is 17.2 Å². The number of hydrogen-bond donors (Lipinski definition) is 6. The van der Waals surface area contributed by atoms with Gasteiger partial charge >= 0.3 is 6.09 Å². The fourth-order valence-corrected chi connectivity index (χ4v) is 2.43. The average Bonchev–Trinajstić information content (AvgIpc) is 2.67. The van der Waals surface area contributed by atoms with E-state index in [-0.39, 0.29) is 18.7 Å². The summed E-state index contributed by atoms with van der Waals surface area (Å²) in [5.74, 6) is -3.00. The molecule has 0 bridgehead atoms. The second-order valence-electron chi connectivity index (χ2n) is 7.65. The Kier molecular flexibility index (Phi) is 7.30. The number of nitrogens with one attached hydrogen (secondary N) is 3. The number of benzene rings is 2. The summed E-state index contributed by atoms with van der Waals surface area (Å²) in [6, 6.07) is 8.68. The zero-order valence-corrected chi connectivity index (χ0v) is 17.4. The number of rotatable bonds is 6. The highest BCUT2D eigenvalue weighted by Crippen LogP contribution is 2.35. The SMILES string of the molecule is CC(C)(C)OC(=O)NCC(=O)NCc1cccc(NC(=O)c2cc(O)c(O)c(O)c2)c1. The van der Waals surface area contributed by atoms with Crippen molar-refractivity contribution < 1.29 is 34.4 Å². The monoisotopic (exact) mass is 431 g/mol. The summed E-state index contributed by atoms with van der Waals surface area (Å²) < 4.78 is 5.05. The van der Waals surface area contributed by atoms with E-state index in [4.69, 9.17) is 4.74 Å². The summed E-state index contributed by atoms with van der Waals surface area (Å²) in [4.78, 5) is 35.8. The van der Waals surface area contributed by atoms with E-state index >= 15 is 0 Å². The quantitative estimate of drug-likeness (QED) is 0.383. The summed E-state index contributed by atoms with van der Waals surface area (Å²) in [5, 5.41) is 36.0. The van der Waals surface area contributed by atoms with E-state index < -0.39 is 40.8 Å². The van der Waals surface area contributed by atoms with Gasteiger partial charge < -0.3 is 36.0 Å². The van der Waals surface area contributed by atoms with Crippen molar-refractivity contribution in [3.63, 3.8) is 0 Å². The maximum Gasteiger partial charge on any atom is 0.408 e. The van der Waals surface area contributed by atoms with Crippen LogP contribution in [0.1, 0.15) is 36.7 Å². The third-order valence-corrected chi connectivity index (χ3v) is 3.80. The largest absolute Gasteiger partial charge is 0.504 e. The van der Waals surface area contributed by atoms with Crippen LogP contribution in [-0.4, -0.2) is 45.4 Å². The second-order valence-corrected chi connectivity index (χ2v) is 7.65. The van der Waals surface area contributed by atoms with Crippen LogP contribution in [0.15, 0.2) is 36.4 Å². The molecule has 0 atom stereocenters. The number of carbonyl (C=O) groups is 3. The minimum Gasteiger partial charge on any atom is -0.504 e. The van der Waals surface area contributed by atoms with Crippen LogP contribution in [0.4, 0.5) is 10.5 Å². The number of amides is 3. The van der Waals surface area contributed by atoms with Gasteiger partial charge in [0.2, 0.25) is 5.91 Å². The molecule has 0 aliphatic carbocycles. The zero-order valence-electron chi connectivity index (χ0n) is 17.4. The van der Waals surface area contributed by atoms with Crippen LogP contribution >= 0.6 is 0 Å². The predicted molar refractivity (Wildman–Crippen MR) is 112 cm³/mol. The maximum atomic E-state index is 12.3. The minimum absolute atomic E-state index is 0.0558. The highest BCUT2D eigenvalue weighted by Gasteiger charge is 2.17. The zero-order chi connectivity index (χ0) is 23.2. The Hall–Kier alpha value is -3.95. The summed E-state index contributed by atoms with van der Waals surface area (Å²) in [5.41, 5.74) is 0.374. The van der Waals surface area contributed by atoms with E-state index in [2.05, 4.69) is 16.0 Å². The van der Waals surface area contributed by atoms with Crippen molar-refractivity contribution in [2.24, 2.45) is 0 Å². The minimum atomic E-state index is -0.713. The van der Waals surface area contributed by atoms with Gasteiger partial charge in [-0.1, -0.05) is 12.1 Å². The van der Waals surface area contributed by atoms with Crippen molar-refractivity contribution >= 4 is 23.6 Å². The van der Waals surface area contributed by atoms with E-state index in [1.807, 2.05) is 0 Å². The van der Waals surface area contributed by atoms with Gasteiger partial charge in [-0.25, -0.2) is 4.79 Å². The molecule has 0 radical (unpaired) electrons. The van der Waals surface area contributed by atoms with Crippen LogP contribution in [0.25, 0.3) is 0 Å². The molecule has 166 valence electrons. The Morgan fingerprint density at radius 2 is 1.61 bits per heavy atom. The van der Waals surface area contributed by atoms with Crippen molar-refractivity contribution in [2.75, 3.05) is 11.9 Å². The summed E-state index contributed by atoms with van der Waals surface area (Å²) in [7, 11) is 0. The molecule has 0 aromatic heterocycles. The first-order valence-electron chi connectivity index (χ1n) is 9.33. The lowest BCUT2D eigenvalue weighted by Crippen LogP contribution is -2.39. The molecule has 31 heavy (non-hydrogen) atoms. The van der Waals surface area contributed by atoms with Gasteiger partial charge in [-0.3, -0.25) is 9.59 Å². The summed E-state index contributed by atoms with van der Waals surface area (Å²) in [6.07, 6.45) is -0.696. The number of alkyl carbamates (subject to hydrolysis) is 1. The Balaban J connectivity index is 1.90. The topological polar surface area (TPSA) is 157 Å². The molecule has 2 aromatic rings. The van der Waals surface area contributed by atoms with Crippen molar-refractivity contribution in [2.45, 2.75) is 32.9 Å². The van der Waals surface area contributed by atoms with Gasteiger partial charge in [0.25, 0.3) is 5.91 Å². The molecule has 0 aliphatic heterocycles. The number of carbonyl (C=O) groups excluding carboxylic acids is 3. The van der Waals surface area contributed by atoms with Gasteiger partial charge in [-0.15, -0.1) is 0 Å². The van der Waals surface area contributed by atoms with E-state index in [1.165, 1.54) is 0 Å². The number of ether oxygens (including phenoxy) is 1. The number of phenolic OH excluding ortho intramolecular Hbond substituents is 3. The molecule has 0 saturated carbocycles. The first kappa shape index (κ1) is 23.3. The third-order valence-electron chi connectivity index (χ3n) is 3.80. The molecule has 0 heterocycles. The van der Waals surface area contributed by atoms with Gasteiger partial charge in [0.05, 0.1) is 0 Å². The summed E-state index contributed by atoms with van der Waals surface area (Å²) >= 11 is 0. The highest BCUT2D eigenvalue weighted by molar-refractivity contribution is 6.05. The van der Waals surface area contributed by atoms with Crippen molar-refractivity contribution in [3.05, 3.63) is 47.5 Å². The maximum absolute atomic E-state index is 12.3. The molecule has 2 rings (SSSR count). The van der Waals surface area contributed by atoms with E-state index in [0.29, 0.717) is 11.3 Å². The van der Waals surface area contributed by atoms with E-state index in [1.54, 1.807) is 45.0 Å². The fourth-order valence-electron chi connectivity index (χ4n) is 2.43. The van der Waals surface area contributed by atoms with E-state index in [9.17, 15) is 29.7 Å². The van der Waals surface area contributed by atoms with Crippen LogP contribution in [0, 0.1) is 0 Å². The number of aromatic hydroxyl groups is 3. The molecule has 6 N–H and O–H groups in total. The first-order valence-corrected chi connectivity index (χ1v) is 9.33. The number of anilines is 1. The molecule has 10 nitrogen and oxygen atoms in total. The van der Waals surface area contributed by atoms with Crippen molar-refractivity contribution in [1.82, 2.24) is 10.6 Å². The van der Waals surface area contributed by atoms with Gasteiger partial charge in [0.15, 0.2) is 17.2 Å². The number of phenols is 3. The van der Waals surface area contributed by atoms with Crippen LogP contribution < -0.4 is 16.0 Å². The van der Waals surface area contributed by atoms with Crippen LogP contribution in [-0.2, 0) is 16.1 Å². The average molecular weight is 431 g/mol. The molecule has 0 fully saturated rings. The molecule has 0 saturated heterocycles. The third kappa shape index (κ3) is 7.42. The highest BCUT2D eigenvalue weighted by atomic mass is 16.6. The Labute approximate surface area is 178 Å². The molecular formula is C21H25N3O7. The van der Waals surface area contributed by atoms with E-state index in [0.717, 1.165) is 12.1 Å². The lowest BCUT2D eigenvalue weighted by Gasteiger charge is -2.19. The molecule has 2 aromatic carbocycles. The Morgan fingerprint density at radius 1 is 0.968 bits per heavy atom. The van der Waals surface area contributed by atoms with Crippen molar-refractivity contribution in [1.29, 1.82) is 0 Å². The lowest BCUT2D eigenvalue weighted by atomic mass is 10.1. The lowest BCUT2D eigenvalue weighted by molar-refractivity contribution is -0.120. The predicted octanol–water partition coefficient (Wildman–Crippen LogP) is 2.20. The summed E-state index contributed by atoms with van der Waals surface area (Å²) in [6.45, 7) is 5.04. The number of hydrogen-bond acceptors (Lipinski definition) is 7. The van der Waals surface area contributed by atoms with Gasteiger partial charge in [-0.05, 0) is 50.6 Å². The smallest absolute Gasteiger partial charge is 0.408 e. The van der Waals surface area contributed by atoms with Crippen molar-refractivity contribution in [3.8, 4) is 17.2 Å². The molecule has 0 aliphatic rings. The van der Waals surface area contributed by atoms with Crippen LogP contribution in [0.2, 0.25) is 0 Å². The molecular weight excluding hydrogens is 406 g/mol. The molecule has 10 heteroatoms. The molecule has 0 spiro atoms. The second kappa shape index (κ2) is 9.70. The Bertz CT molecular complexity index is 960. The van der Waals surface area contributed by atoms with Gasteiger partial charge in [0, 0.05) is 17.8 Å². The normalized spacial score (nSPS) is 10.8.